The average molecular weight is 232 g/mol. The summed E-state index contributed by atoms with van der Waals surface area (Å²) in [5.74, 6) is -1.10. The summed E-state index contributed by atoms with van der Waals surface area (Å²) in [4.78, 5) is 23.5. The zero-order chi connectivity index (χ0) is 12.1. The van der Waals surface area contributed by atoms with Gasteiger partial charge in [0.1, 0.15) is 6.04 Å². The summed E-state index contributed by atoms with van der Waals surface area (Å²) in [6, 6.07) is -1.43. The van der Waals surface area contributed by atoms with Gasteiger partial charge in [0.25, 0.3) is 0 Å². The number of likely N-dealkylation sites (tertiary alicyclic amines) is 1. The molecule has 16 heavy (non-hydrogen) atoms. The lowest BCUT2D eigenvalue weighted by Crippen LogP contribution is -2.46. The first-order valence-electron chi connectivity index (χ1n) is 5.00. The van der Waals surface area contributed by atoms with Crippen molar-refractivity contribution < 1.29 is 24.5 Å². The maximum atomic E-state index is 11.6. The van der Waals surface area contributed by atoms with Gasteiger partial charge < -0.3 is 25.2 Å². The molecule has 1 aliphatic heterocycles. The minimum atomic E-state index is -1.10. The number of amides is 2. The van der Waals surface area contributed by atoms with Crippen molar-refractivity contribution in [3.05, 3.63) is 0 Å². The molecule has 1 rings (SSSR count). The van der Waals surface area contributed by atoms with Crippen LogP contribution in [0.15, 0.2) is 0 Å². The van der Waals surface area contributed by atoms with E-state index >= 15 is 0 Å². The summed E-state index contributed by atoms with van der Waals surface area (Å²) in [6.45, 7) is 0.726. The highest BCUT2D eigenvalue weighted by Gasteiger charge is 2.38. The van der Waals surface area contributed by atoms with Gasteiger partial charge in [-0.05, 0) is 0 Å². The van der Waals surface area contributed by atoms with Gasteiger partial charge in [-0.15, -0.1) is 0 Å². The Bertz CT molecular complexity index is 271. The molecule has 0 aliphatic carbocycles. The maximum absolute atomic E-state index is 11.6. The second-order valence-corrected chi connectivity index (χ2v) is 3.62. The Balaban J connectivity index is 2.50. The summed E-state index contributed by atoms with van der Waals surface area (Å²) in [5.41, 5.74) is 0. The van der Waals surface area contributed by atoms with Crippen molar-refractivity contribution in [1.82, 2.24) is 10.2 Å². The van der Waals surface area contributed by atoms with Gasteiger partial charge in [0.15, 0.2) is 0 Å². The van der Waals surface area contributed by atoms with E-state index in [0.29, 0.717) is 13.2 Å². The van der Waals surface area contributed by atoms with Crippen LogP contribution in [0.25, 0.3) is 0 Å². The smallest absolute Gasteiger partial charge is 0.326 e. The van der Waals surface area contributed by atoms with Crippen molar-refractivity contribution in [2.45, 2.75) is 18.6 Å². The number of aliphatic carboxylic acids is 1. The molecular weight excluding hydrogens is 216 g/mol. The Labute approximate surface area is 93.0 Å². The summed E-state index contributed by atoms with van der Waals surface area (Å²) < 4.78 is 4.75. The fourth-order valence-corrected chi connectivity index (χ4v) is 1.63. The predicted octanol–water partition coefficient (Wildman–Crippen LogP) is -1.14. The fourth-order valence-electron chi connectivity index (χ4n) is 1.63. The number of aliphatic hydroxyl groups excluding tert-OH is 1. The number of carbonyl (C=O) groups is 2. The highest BCUT2D eigenvalue weighted by molar-refractivity contribution is 5.83. The molecule has 1 heterocycles. The fraction of sp³-hybridized carbons (Fsp3) is 0.778. The van der Waals surface area contributed by atoms with E-state index in [-0.39, 0.29) is 13.0 Å². The first-order valence-corrected chi connectivity index (χ1v) is 5.00. The van der Waals surface area contributed by atoms with Crippen molar-refractivity contribution in [3.63, 3.8) is 0 Å². The SMILES string of the molecule is COCCNC(=O)N1CC(O)C[C@H]1C(=O)O. The molecule has 0 bridgehead atoms. The molecule has 1 fully saturated rings. The van der Waals surface area contributed by atoms with E-state index in [4.69, 9.17) is 9.84 Å². The van der Waals surface area contributed by atoms with E-state index in [9.17, 15) is 14.7 Å². The van der Waals surface area contributed by atoms with E-state index in [2.05, 4.69) is 5.32 Å². The van der Waals surface area contributed by atoms with Crippen LogP contribution in [0.5, 0.6) is 0 Å². The van der Waals surface area contributed by atoms with Gasteiger partial charge >= 0.3 is 12.0 Å². The van der Waals surface area contributed by atoms with Gasteiger partial charge in [0, 0.05) is 26.6 Å². The highest BCUT2D eigenvalue weighted by Crippen LogP contribution is 2.17. The first kappa shape index (κ1) is 12.7. The first-order chi connectivity index (χ1) is 7.56. The molecule has 0 spiro atoms. The molecule has 1 aliphatic rings. The number of methoxy groups -OCH3 is 1. The molecule has 1 saturated heterocycles. The Kier molecular flexibility index (Phi) is 4.51. The average Bonchev–Trinajstić information content (AvgIpc) is 2.61. The lowest BCUT2D eigenvalue weighted by atomic mass is 10.2. The Morgan fingerprint density at radius 2 is 2.25 bits per heavy atom. The van der Waals surface area contributed by atoms with Crippen LogP contribution in [0.4, 0.5) is 4.79 Å². The van der Waals surface area contributed by atoms with E-state index in [0.717, 1.165) is 4.90 Å². The summed E-state index contributed by atoms with van der Waals surface area (Å²) >= 11 is 0. The molecule has 0 radical (unpaired) electrons. The lowest BCUT2D eigenvalue weighted by Gasteiger charge is -2.21. The second kappa shape index (κ2) is 5.66. The number of carbonyl (C=O) groups excluding carboxylic acids is 1. The molecule has 3 N–H and O–H groups in total. The summed E-state index contributed by atoms with van der Waals surface area (Å²) in [7, 11) is 1.51. The lowest BCUT2D eigenvalue weighted by molar-refractivity contribution is -0.141. The van der Waals surface area contributed by atoms with Crippen molar-refractivity contribution in [2.75, 3.05) is 26.8 Å². The van der Waals surface area contributed by atoms with Crippen LogP contribution in [0.2, 0.25) is 0 Å². The minimum absolute atomic E-state index is 0.0514. The third kappa shape index (κ3) is 3.07. The van der Waals surface area contributed by atoms with Gasteiger partial charge in [-0.2, -0.15) is 0 Å². The summed E-state index contributed by atoms with van der Waals surface area (Å²) in [5, 5.41) is 20.7. The number of aliphatic hydroxyl groups is 1. The van der Waals surface area contributed by atoms with Crippen molar-refractivity contribution in [1.29, 1.82) is 0 Å². The number of rotatable bonds is 4. The van der Waals surface area contributed by atoms with Gasteiger partial charge in [-0.1, -0.05) is 0 Å². The molecule has 7 nitrogen and oxygen atoms in total. The quantitative estimate of drug-likeness (QED) is 0.532. The topological polar surface area (TPSA) is 99.1 Å². The van der Waals surface area contributed by atoms with Crippen LogP contribution < -0.4 is 5.32 Å². The van der Waals surface area contributed by atoms with Crippen LogP contribution in [0.3, 0.4) is 0 Å². The molecule has 7 heteroatoms. The molecule has 0 aromatic heterocycles. The van der Waals surface area contributed by atoms with E-state index < -0.39 is 24.1 Å². The Morgan fingerprint density at radius 1 is 1.56 bits per heavy atom. The second-order valence-electron chi connectivity index (χ2n) is 3.62. The van der Waals surface area contributed by atoms with Gasteiger partial charge in [0.05, 0.1) is 12.7 Å². The third-order valence-electron chi connectivity index (χ3n) is 2.41. The van der Waals surface area contributed by atoms with Crippen LogP contribution in [-0.2, 0) is 9.53 Å². The monoisotopic (exact) mass is 232 g/mol. The third-order valence-corrected chi connectivity index (χ3v) is 2.41. The van der Waals surface area contributed by atoms with E-state index in [1.807, 2.05) is 0 Å². The van der Waals surface area contributed by atoms with Crippen molar-refractivity contribution in [2.24, 2.45) is 0 Å². The predicted molar refractivity (Wildman–Crippen MR) is 54.0 cm³/mol. The number of hydrogen-bond donors (Lipinski definition) is 3. The largest absolute Gasteiger partial charge is 0.480 e. The number of urea groups is 1. The van der Waals surface area contributed by atoms with E-state index in [1.165, 1.54) is 7.11 Å². The van der Waals surface area contributed by atoms with Gasteiger partial charge in [-0.3, -0.25) is 0 Å². The Hall–Kier alpha value is -1.34. The zero-order valence-electron chi connectivity index (χ0n) is 9.05. The Morgan fingerprint density at radius 3 is 2.81 bits per heavy atom. The highest BCUT2D eigenvalue weighted by atomic mass is 16.5. The van der Waals surface area contributed by atoms with Gasteiger partial charge in [-0.25, -0.2) is 9.59 Å². The standard InChI is InChI=1S/C9H16N2O5/c1-16-3-2-10-9(15)11-5-6(12)4-7(11)8(13)14/h6-7,12H,2-5H2,1H3,(H,10,15)(H,13,14)/t6?,7-/m0/s1. The molecule has 2 amide bonds. The minimum Gasteiger partial charge on any atom is -0.480 e. The zero-order valence-corrected chi connectivity index (χ0v) is 9.05. The maximum Gasteiger partial charge on any atom is 0.326 e. The summed E-state index contributed by atoms with van der Waals surface area (Å²) in [6.07, 6.45) is -0.693. The number of ether oxygens (including phenoxy) is 1. The van der Waals surface area contributed by atoms with Crippen LogP contribution in [0.1, 0.15) is 6.42 Å². The number of carboxylic acid groups (broad SMARTS) is 1. The normalized spacial score (nSPS) is 24.5. The number of β-amino-alcohol motifs (C(OH)–C–C–N with tert-alkyl or cyclic N) is 1. The number of carboxylic acids is 1. The number of nitrogens with one attached hydrogen (secondary N) is 1. The number of hydrogen-bond acceptors (Lipinski definition) is 4. The van der Waals surface area contributed by atoms with E-state index in [1.54, 1.807) is 0 Å². The molecule has 0 aromatic carbocycles. The molecule has 1 unspecified atom stereocenters. The van der Waals surface area contributed by atoms with Crippen LogP contribution in [0, 0.1) is 0 Å². The van der Waals surface area contributed by atoms with Crippen LogP contribution >= 0.6 is 0 Å². The molecular formula is C9H16N2O5. The molecule has 2 atom stereocenters. The van der Waals surface area contributed by atoms with Crippen molar-refractivity contribution >= 4 is 12.0 Å². The van der Waals surface area contributed by atoms with Gasteiger partial charge in [0.2, 0.25) is 0 Å². The molecule has 92 valence electrons. The van der Waals surface area contributed by atoms with Crippen molar-refractivity contribution in [3.8, 4) is 0 Å². The molecule has 0 aromatic rings. The van der Waals surface area contributed by atoms with Crippen LogP contribution in [-0.4, -0.2) is 66.1 Å². The molecule has 0 saturated carbocycles. The number of nitrogens with zero attached hydrogens (tertiary/aromatic N) is 1.